The number of nitrogens with zero attached hydrogens (tertiary/aromatic N) is 1. The largest absolute Gasteiger partial charge is 0.268 e. The van der Waals surface area contributed by atoms with Crippen molar-refractivity contribution >= 4 is 7.85 Å². The van der Waals surface area contributed by atoms with Crippen LogP contribution >= 0.6 is 0 Å². The third kappa shape index (κ3) is 3.47. The Morgan fingerprint density at radius 3 is 2.06 bits per heavy atom. The minimum atomic E-state index is -0.360. The zero-order valence-electron chi connectivity index (χ0n) is 11.0. The molecule has 0 saturated heterocycles. The van der Waals surface area contributed by atoms with Gasteiger partial charge in [0.1, 0.15) is 0 Å². The lowest BCUT2D eigenvalue weighted by Gasteiger charge is -2.30. The standard InChI is InChI=1S/C14H21BN2O/c15-14(12-8-9-13(18)17-16-12)10-6-4-2-1-3-5-7-11-14/h8-9H,1-7,10-11H2,(H,17,18). The first-order valence-corrected chi connectivity index (χ1v) is 7.06. The number of H-pyrrole nitrogens is 1. The SMILES string of the molecule is [B]C1(c2ccc(=O)[nH]n2)CCCCCCCCC1. The maximum absolute atomic E-state index is 11.1. The summed E-state index contributed by atoms with van der Waals surface area (Å²) < 4.78 is 0. The molecule has 1 fully saturated rings. The van der Waals surface area contributed by atoms with Gasteiger partial charge >= 0.3 is 0 Å². The van der Waals surface area contributed by atoms with Crippen LogP contribution in [0.1, 0.15) is 63.5 Å². The van der Waals surface area contributed by atoms with E-state index in [0.29, 0.717) is 0 Å². The summed E-state index contributed by atoms with van der Waals surface area (Å²) in [6.45, 7) is 0. The molecule has 0 bridgehead atoms. The predicted octanol–water partition coefficient (Wildman–Crippen LogP) is 2.66. The first kappa shape index (κ1) is 13.4. The summed E-state index contributed by atoms with van der Waals surface area (Å²) in [5.41, 5.74) is 0.671. The van der Waals surface area contributed by atoms with Crippen LogP contribution in [0.15, 0.2) is 16.9 Å². The fourth-order valence-corrected chi connectivity index (χ4v) is 2.77. The van der Waals surface area contributed by atoms with Crippen molar-refractivity contribution in [3.05, 3.63) is 28.2 Å². The van der Waals surface area contributed by atoms with Crippen LogP contribution in [-0.2, 0) is 5.31 Å². The van der Waals surface area contributed by atoms with Gasteiger partial charge in [0.15, 0.2) is 0 Å². The monoisotopic (exact) mass is 244 g/mol. The highest BCUT2D eigenvalue weighted by molar-refractivity contribution is 6.15. The lowest BCUT2D eigenvalue weighted by molar-refractivity contribution is 0.416. The van der Waals surface area contributed by atoms with Crippen LogP contribution < -0.4 is 5.56 Å². The van der Waals surface area contributed by atoms with Gasteiger partial charge in [-0.3, -0.25) is 4.79 Å². The summed E-state index contributed by atoms with van der Waals surface area (Å²) in [5.74, 6) is 0. The number of rotatable bonds is 1. The first-order valence-electron chi connectivity index (χ1n) is 7.06. The van der Waals surface area contributed by atoms with E-state index < -0.39 is 0 Å². The van der Waals surface area contributed by atoms with Crippen molar-refractivity contribution in [2.24, 2.45) is 0 Å². The van der Waals surface area contributed by atoms with E-state index in [1.165, 1.54) is 38.2 Å². The van der Waals surface area contributed by atoms with Crippen molar-refractivity contribution in [2.75, 3.05) is 0 Å². The quantitative estimate of drug-likeness (QED) is 0.772. The molecule has 4 heteroatoms. The fraction of sp³-hybridized carbons (Fsp3) is 0.714. The molecule has 96 valence electrons. The highest BCUT2D eigenvalue weighted by atomic mass is 16.1. The highest BCUT2D eigenvalue weighted by Crippen LogP contribution is 2.32. The Morgan fingerprint density at radius 2 is 1.56 bits per heavy atom. The summed E-state index contributed by atoms with van der Waals surface area (Å²) in [4.78, 5) is 11.1. The zero-order chi connectivity index (χ0) is 12.8. The molecule has 1 aromatic heterocycles. The molecule has 1 heterocycles. The molecule has 0 spiro atoms. The minimum Gasteiger partial charge on any atom is -0.268 e. The highest BCUT2D eigenvalue weighted by Gasteiger charge is 2.27. The summed E-state index contributed by atoms with van der Waals surface area (Å²) >= 11 is 0. The molecule has 0 amide bonds. The van der Waals surface area contributed by atoms with Crippen LogP contribution in [0, 0.1) is 0 Å². The normalized spacial score (nSPS) is 21.3. The second-order valence-electron chi connectivity index (χ2n) is 5.44. The molecule has 1 N–H and O–H groups in total. The third-order valence-electron chi connectivity index (χ3n) is 3.94. The van der Waals surface area contributed by atoms with Gasteiger partial charge in [-0.15, -0.1) is 0 Å². The molecule has 2 radical (unpaired) electrons. The van der Waals surface area contributed by atoms with Crippen molar-refractivity contribution < 1.29 is 0 Å². The van der Waals surface area contributed by atoms with Gasteiger partial charge in [0.05, 0.1) is 13.5 Å². The van der Waals surface area contributed by atoms with Crippen molar-refractivity contribution in [1.29, 1.82) is 0 Å². The smallest absolute Gasteiger partial charge is 0.264 e. The first-order chi connectivity index (χ1) is 8.71. The van der Waals surface area contributed by atoms with E-state index in [1.54, 1.807) is 6.07 Å². The molecule has 1 aliphatic rings. The summed E-state index contributed by atoms with van der Waals surface area (Å²) in [6.07, 6.45) is 10.7. The Labute approximate surface area is 110 Å². The average Bonchev–Trinajstić information content (AvgIpc) is 2.38. The Hall–Kier alpha value is -1.06. The summed E-state index contributed by atoms with van der Waals surface area (Å²) in [6, 6.07) is 3.31. The molecule has 1 aliphatic carbocycles. The second-order valence-corrected chi connectivity index (χ2v) is 5.44. The second kappa shape index (κ2) is 6.21. The van der Waals surface area contributed by atoms with Crippen LogP contribution in [0.25, 0.3) is 0 Å². The number of aromatic nitrogens is 2. The molecule has 0 unspecified atom stereocenters. The van der Waals surface area contributed by atoms with E-state index >= 15 is 0 Å². The summed E-state index contributed by atoms with van der Waals surface area (Å²) in [5, 5.41) is 6.28. The van der Waals surface area contributed by atoms with Crippen molar-refractivity contribution in [1.82, 2.24) is 10.2 Å². The fourth-order valence-electron chi connectivity index (χ4n) is 2.77. The van der Waals surface area contributed by atoms with E-state index in [1.807, 2.05) is 0 Å². The van der Waals surface area contributed by atoms with Crippen LogP contribution in [0.5, 0.6) is 0 Å². The van der Waals surface area contributed by atoms with Gasteiger partial charge in [-0.05, 0) is 11.4 Å². The molecule has 0 atom stereocenters. The van der Waals surface area contributed by atoms with Gasteiger partial charge in [-0.25, -0.2) is 5.10 Å². The van der Waals surface area contributed by atoms with Gasteiger partial charge in [0.25, 0.3) is 5.56 Å². The minimum absolute atomic E-state index is 0.165. The number of hydrogen-bond acceptors (Lipinski definition) is 2. The van der Waals surface area contributed by atoms with E-state index in [4.69, 9.17) is 7.85 Å². The molecule has 0 aliphatic heterocycles. The molecule has 18 heavy (non-hydrogen) atoms. The summed E-state index contributed by atoms with van der Waals surface area (Å²) in [7, 11) is 6.54. The molecule has 1 aromatic rings. The number of hydrogen-bond donors (Lipinski definition) is 1. The van der Waals surface area contributed by atoms with Gasteiger partial charge in [-0.1, -0.05) is 57.8 Å². The maximum atomic E-state index is 11.1. The number of nitrogens with one attached hydrogen (secondary N) is 1. The molecule has 3 nitrogen and oxygen atoms in total. The Balaban J connectivity index is 2.13. The molecule has 2 rings (SSSR count). The van der Waals surface area contributed by atoms with Crippen molar-refractivity contribution in [3.63, 3.8) is 0 Å². The zero-order valence-corrected chi connectivity index (χ0v) is 11.0. The van der Waals surface area contributed by atoms with Crippen LogP contribution in [-0.4, -0.2) is 18.0 Å². The van der Waals surface area contributed by atoms with E-state index in [-0.39, 0.29) is 10.9 Å². The Kier molecular flexibility index (Phi) is 4.62. The molecule has 0 aromatic carbocycles. The Morgan fingerprint density at radius 1 is 1.00 bits per heavy atom. The van der Waals surface area contributed by atoms with Crippen molar-refractivity contribution in [2.45, 2.75) is 63.1 Å². The van der Waals surface area contributed by atoms with E-state index in [0.717, 1.165) is 31.4 Å². The maximum Gasteiger partial charge on any atom is 0.264 e. The number of aromatic amines is 1. The van der Waals surface area contributed by atoms with Crippen LogP contribution in [0.3, 0.4) is 0 Å². The van der Waals surface area contributed by atoms with Crippen molar-refractivity contribution in [3.8, 4) is 0 Å². The van der Waals surface area contributed by atoms with Gasteiger partial charge in [0.2, 0.25) is 0 Å². The third-order valence-corrected chi connectivity index (χ3v) is 3.94. The molecule has 1 saturated carbocycles. The van der Waals surface area contributed by atoms with Crippen LogP contribution in [0.2, 0.25) is 0 Å². The van der Waals surface area contributed by atoms with E-state index in [9.17, 15) is 4.79 Å². The topological polar surface area (TPSA) is 45.8 Å². The van der Waals surface area contributed by atoms with Crippen LogP contribution in [0.4, 0.5) is 0 Å². The molecular weight excluding hydrogens is 223 g/mol. The average molecular weight is 244 g/mol. The van der Waals surface area contributed by atoms with Gasteiger partial charge in [0, 0.05) is 6.07 Å². The predicted molar refractivity (Wildman–Crippen MR) is 73.8 cm³/mol. The van der Waals surface area contributed by atoms with Gasteiger partial charge in [-0.2, -0.15) is 5.10 Å². The lowest BCUT2D eigenvalue weighted by atomic mass is 9.60. The molecular formula is C14H21BN2O. The van der Waals surface area contributed by atoms with E-state index in [2.05, 4.69) is 10.2 Å². The lowest BCUT2D eigenvalue weighted by Crippen LogP contribution is -2.29. The Bertz CT molecular complexity index is 400. The van der Waals surface area contributed by atoms with Gasteiger partial charge < -0.3 is 0 Å².